The molecule has 0 unspecified atom stereocenters. The number of rotatable bonds is 2. The molecular weight excluding hydrogens is 326 g/mol. The minimum absolute atomic E-state index is 0.292. The smallest absolute Gasteiger partial charge is 0.321 e. The third kappa shape index (κ3) is 2.56. The average Bonchev–Trinajstić information content (AvgIpc) is 3.00. The molecule has 124 valence electrons. The molecule has 1 aromatic carbocycles. The zero-order chi connectivity index (χ0) is 17.6. The van der Waals surface area contributed by atoms with Crippen LogP contribution in [-0.2, 0) is 14.1 Å². The first-order valence-electron chi connectivity index (χ1n) is 7.37. The Labute approximate surface area is 142 Å². The SMILES string of the molecule is Cc1ccc(C)c(NC(=O)c2cc3c(=O)n(C)c(=O)n(C)c3s2)c1. The first-order chi connectivity index (χ1) is 11.3. The molecule has 0 aliphatic rings. The van der Waals surface area contributed by atoms with E-state index in [1.54, 1.807) is 13.1 Å². The second kappa shape index (κ2) is 5.76. The van der Waals surface area contributed by atoms with Crippen molar-refractivity contribution in [2.45, 2.75) is 13.8 Å². The summed E-state index contributed by atoms with van der Waals surface area (Å²) in [7, 11) is 3.02. The van der Waals surface area contributed by atoms with Gasteiger partial charge in [0.2, 0.25) is 0 Å². The number of carbonyl (C=O) groups is 1. The van der Waals surface area contributed by atoms with Crippen LogP contribution in [0.15, 0.2) is 33.9 Å². The highest BCUT2D eigenvalue weighted by Gasteiger charge is 2.17. The molecule has 0 bridgehead atoms. The number of nitrogens with zero attached hydrogens (tertiary/aromatic N) is 2. The normalized spacial score (nSPS) is 11.0. The highest BCUT2D eigenvalue weighted by Crippen LogP contribution is 2.24. The molecule has 24 heavy (non-hydrogen) atoms. The highest BCUT2D eigenvalue weighted by atomic mass is 32.1. The van der Waals surface area contributed by atoms with Gasteiger partial charge < -0.3 is 5.32 Å². The van der Waals surface area contributed by atoms with Crippen LogP contribution in [0.3, 0.4) is 0 Å². The number of fused-ring (bicyclic) bond motifs is 1. The van der Waals surface area contributed by atoms with Gasteiger partial charge in [0.05, 0.1) is 10.3 Å². The van der Waals surface area contributed by atoms with Crippen molar-refractivity contribution in [1.82, 2.24) is 9.13 Å². The second-order valence-corrected chi connectivity index (χ2v) is 6.84. The molecule has 2 heterocycles. The van der Waals surface area contributed by atoms with Gasteiger partial charge in [-0.15, -0.1) is 11.3 Å². The van der Waals surface area contributed by atoms with Crippen molar-refractivity contribution >= 4 is 33.1 Å². The summed E-state index contributed by atoms with van der Waals surface area (Å²) >= 11 is 1.14. The molecule has 0 atom stereocenters. The fourth-order valence-corrected chi connectivity index (χ4v) is 3.53. The lowest BCUT2D eigenvalue weighted by molar-refractivity contribution is 0.103. The van der Waals surface area contributed by atoms with Gasteiger partial charge in [-0.2, -0.15) is 0 Å². The van der Waals surface area contributed by atoms with Gasteiger partial charge in [0, 0.05) is 19.8 Å². The maximum absolute atomic E-state index is 12.5. The first-order valence-corrected chi connectivity index (χ1v) is 8.19. The van der Waals surface area contributed by atoms with E-state index in [1.165, 1.54) is 11.6 Å². The fourth-order valence-electron chi connectivity index (χ4n) is 2.53. The summed E-state index contributed by atoms with van der Waals surface area (Å²) in [4.78, 5) is 37.6. The minimum atomic E-state index is -0.407. The van der Waals surface area contributed by atoms with Gasteiger partial charge in [0.25, 0.3) is 11.5 Å². The van der Waals surface area contributed by atoms with Crippen molar-refractivity contribution in [3.05, 3.63) is 61.1 Å². The number of thiophene rings is 1. The lowest BCUT2D eigenvalue weighted by Gasteiger charge is -2.08. The molecule has 2 aromatic heterocycles. The van der Waals surface area contributed by atoms with Crippen molar-refractivity contribution in [1.29, 1.82) is 0 Å². The van der Waals surface area contributed by atoms with Gasteiger partial charge in [-0.25, -0.2) is 4.79 Å². The largest absolute Gasteiger partial charge is 0.331 e. The molecule has 1 N–H and O–H groups in total. The summed E-state index contributed by atoms with van der Waals surface area (Å²) in [6, 6.07) is 7.36. The van der Waals surface area contributed by atoms with E-state index in [2.05, 4.69) is 5.32 Å². The van der Waals surface area contributed by atoms with E-state index < -0.39 is 11.2 Å². The number of hydrogen-bond donors (Lipinski definition) is 1. The molecule has 6 nitrogen and oxygen atoms in total. The quantitative estimate of drug-likeness (QED) is 0.775. The fraction of sp³-hybridized carbons (Fsp3) is 0.235. The third-order valence-corrected chi connectivity index (χ3v) is 5.20. The number of aromatic nitrogens is 2. The standard InChI is InChI=1S/C17H17N3O3S/c1-9-5-6-10(2)12(7-9)18-14(21)13-8-11-15(22)19(3)17(23)20(4)16(11)24-13/h5-8H,1-4H3,(H,18,21). The average molecular weight is 343 g/mol. The monoisotopic (exact) mass is 343 g/mol. The van der Waals surface area contributed by atoms with E-state index in [0.29, 0.717) is 15.1 Å². The Morgan fingerprint density at radius 3 is 2.50 bits per heavy atom. The molecule has 3 aromatic rings. The van der Waals surface area contributed by atoms with Crippen LogP contribution < -0.4 is 16.6 Å². The molecule has 0 radical (unpaired) electrons. The molecule has 3 rings (SSSR count). The predicted molar refractivity (Wildman–Crippen MR) is 96.2 cm³/mol. The molecular formula is C17H17N3O3S. The van der Waals surface area contributed by atoms with E-state index >= 15 is 0 Å². The van der Waals surface area contributed by atoms with E-state index in [1.807, 2.05) is 32.0 Å². The van der Waals surface area contributed by atoms with E-state index in [9.17, 15) is 14.4 Å². The zero-order valence-corrected chi connectivity index (χ0v) is 14.7. The van der Waals surface area contributed by atoms with Crippen molar-refractivity contribution in [3.63, 3.8) is 0 Å². The number of benzene rings is 1. The Kier molecular flexibility index (Phi) is 3.88. The molecule has 0 aliphatic heterocycles. The summed E-state index contributed by atoms with van der Waals surface area (Å²) in [5.74, 6) is -0.292. The highest BCUT2D eigenvalue weighted by molar-refractivity contribution is 7.20. The van der Waals surface area contributed by atoms with Crippen LogP contribution in [0.1, 0.15) is 20.8 Å². The van der Waals surface area contributed by atoms with Crippen molar-refractivity contribution in [2.75, 3.05) is 5.32 Å². The maximum atomic E-state index is 12.5. The summed E-state index contributed by atoms with van der Waals surface area (Å²) in [5, 5.41) is 3.24. The van der Waals surface area contributed by atoms with Gasteiger partial charge >= 0.3 is 5.69 Å². The Bertz CT molecular complexity index is 1090. The van der Waals surface area contributed by atoms with Gasteiger partial charge in [-0.1, -0.05) is 12.1 Å². The maximum Gasteiger partial charge on any atom is 0.331 e. The Morgan fingerprint density at radius 2 is 1.79 bits per heavy atom. The van der Waals surface area contributed by atoms with Crippen LogP contribution in [0, 0.1) is 13.8 Å². The molecule has 0 spiro atoms. The topological polar surface area (TPSA) is 73.1 Å². The van der Waals surface area contributed by atoms with Crippen LogP contribution in [0.25, 0.3) is 10.2 Å². The third-order valence-electron chi connectivity index (χ3n) is 3.99. The molecule has 0 saturated carbocycles. The minimum Gasteiger partial charge on any atom is -0.321 e. The van der Waals surface area contributed by atoms with Crippen LogP contribution in [0.2, 0.25) is 0 Å². The lowest BCUT2D eigenvalue weighted by Crippen LogP contribution is -2.36. The Balaban J connectivity index is 2.07. The van der Waals surface area contributed by atoms with E-state index in [0.717, 1.165) is 32.7 Å². The summed E-state index contributed by atoms with van der Waals surface area (Å²) in [5.41, 5.74) is 1.94. The van der Waals surface area contributed by atoms with Crippen molar-refractivity contribution in [3.8, 4) is 0 Å². The second-order valence-electron chi connectivity index (χ2n) is 5.81. The predicted octanol–water partition coefficient (Wildman–Crippen LogP) is 2.17. The number of nitrogens with one attached hydrogen (secondary N) is 1. The molecule has 0 aliphatic carbocycles. The summed E-state index contributed by atoms with van der Waals surface area (Å²) in [6.45, 7) is 3.87. The molecule has 7 heteroatoms. The summed E-state index contributed by atoms with van der Waals surface area (Å²) in [6.07, 6.45) is 0. The zero-order valence-electron chi connectivity index (χ0n) is 13.8. The van der Waals surface area contributed by atoms with Gasteiger partial charge in [-0.05, 0) is 37.1 Å². The Hall–Kier alpha value is -2.67. The van der Waals surface area contributed by atoms with Crippen molar-refractivity contribution < 1.29 is 4.79 Å². The first kappa shape index (κ1) is 16.2. The van der Waals surface area contributed by atoms with Gasteiger partial charge in [-0.3, -0.25) is 18.7 Å². The molecule has 0 saturated heterocycles. The number of anilines is 1. The van der Waals surface area contributed by atoms with Crippen LogP contribution in [-0.4, -0.2) is 15.0 Å². The van der Waals surface area contributed by atoms with Gasteiger partial charge in [0.1, 0.15) is 4.83 Å². The van der Waals surface area contributed by atoms with Crippen molar-refractivity contribution in [2.24, 2.45) is 14.1 Å². The Morgan fingerprint density at radius 1 is 1.08 bits per heavy atom. The number of aryl methyl sites for hydroxylation is 3. The van der Waals surface area contributed by atoms with Crippen LogP contribution in [0.5, 0.6) is 0 Å². The summed E-state index contributed by atoms with van der Waals surface area (Å²) < 4.78 is 2.43. The number of carbonyl (C=O) groups excluding carboxylic acids is 1. The number of amides is 1. The van der Waals surface area contributed by atoms with Crippen LogP contribution in [0.4, 0.5) is 5.69 Å². The molecule has 0 fully saturated rings. The van der Waals surface area contributed by atoms with Crippen LogP contribution >= 0.6 is 11.3 Å². The van der Waals surface area contributed by atoms with Gasteiger partial charge in [0.15, 0.2) is 0 Å². The van der Waals surface area contributed by atoms with E-state index in [4.69, 9.17) is 0 Å². The molecule has 1 amide bonds. The van der Waals surface area contributed by atoms with E-state index in [-0.39, 0.29) is 5.91 Å². The number of hydrogen-bond acceptors (Lipinski definition) is 4. The lowest BCUT2D eigenvalue weighted by atomic mass is 10.1.